The van der Waals surface area contributed by atoms with E-state index in [9.17, 15) is 5.26 Å². The molecule has 1 aromatic rings. The largest absolute Gasteiger partial charge is 0.497 e. The first kappa shape index (κ1) is 11.0. The SMILES string of the molecule is CNC1(C#N)CCCc2ccc(OC)cc21. The number of nitrogens with zero attached hydrogens (tertiary/aromatic N) is 1. The summed E-state index contributed by atoms with van der Waals surface area (Å²) in [7, 11) is 3.50. The average Bonchev–Trinajstić information content (AvgIpc) is 2.37. The number of nitrogens with one attached hydrogen (secondary N) is 1. The van der Waals surface area contributed by atoms with Gasteiger partial charge in [0.05, 0.1) is 13.2 Å². The van der Waals surface area contributed by atoms with Crippen LogP contribution in [-0.2, 0) is 12.0 Å². The van der Waals surface area contributed by atoms with E-state index >= 15 is 0 Å². The molecule has 2 rings (SSSR count). The maximum Gasteiger partial charge on any atom is 0.132 e. The summed E-state index contributed by atoms with van der Waals surface area (Å²) < 4.78 is 5.23. The number of aryl methyl sites for hydroxylation is 1. The van der Waals surface area contributed by atoms with Crippen LogP contribution in [0.25, 0.3) is 0 Å². The van der Waals surface area contributed by atoms with E-state index in [1.165, 1.54) is 5.56 Å². The number of hydrogen-bond donors (Lipinski definition) is 1. The summed E-state index contributed by atoms with van der Waals surface area (Å²) in [6.45, 7) is 0. The van der Waals surface area contributed by atoms with Gasteiger partial charge in [0.2, 0.25) is 0 Å². The molecule has 0 aliphatic heterocycles. The molecule has 0 spiro atoms. The Labute approximate surface area is 96.0 Å². The lowest BCUT2D eigenvalue weighted by Gasteiger charge is -2.33. The van der Waals surface area contributed by atoms with Gasteiger partial charge in [0.25, 0.3) is 0 Å². The number of nitriles is 1. The van der Waals surface area contributed by atoms with Gasteiger partial charge < -0.3 is 4.74 Å². The van der Waals surface area contributed by atoms with Gasteiger partial charge in [-0.2, -0.15) is 5.26 Å². The maximum atomic E-state index is 9.40. The highest BCUT2D eigenvalue weighted by molar-refractivity contribution is 5.45. The quantitative estimate of drug-likeness (QED) is 0.822. The first-order valence-corrected chi connectivity index (χ1v) is 5.53. The molecule has 0 aromatic heterocycles. The summed E-state index contributed by atoms with van der Waals surface area (Å²) in [4.78, 5) is 0. The summed E-state index contributed by atoms with van der Waals surface area (Å²) in [5.74, 6) is 0.815. The second-order valence-electron chi connectivity index (χ2n) is 4.14. The molecule has 3 heteroatoms. The Morgan fingerprint density at radius 2 is 2.31 bits per heavy atom. The number of benzene rings is 1. The molecule has 84 valence electrons. The van der Waals surface area contributed by atoms with Crippen LogP contribution in [0.1, 0.15) is 24.0 Å². The van der Waals surface area contributed by atoms with Crippen LogP contribution in [0.4, 0.5) is 0 Å². The molecule has 3 nitrogen and oxygen atoms in total. The van der Waals surface area contributed by atoms with E-state index in [0.29, 0.717) is 0 Å². The second-order valence-corrected chi connectivity index (χ2v) is 4.14. The number of methoxy groups -OCH3 is 1. The van der Waals surface area contributed by atoms with E-state index in [1.54, 1.807) is 7.11 Å². The lowest BCUT2D eigenvalue weighted by Crippen LogP contribution is -2.41. The fourth-order valence-electron chi connectivity index (χ4n) is 2.41. The van der Waals surface area contributed by atoms with Crippen molar-refractivity contribution >= 4 is 0 Å². The predicted octanol–water partition coefficient (Wildman–Crippen LogP) is 1.97. The molecule has 1 unspecified atom stereocenters. The van der Waals surface area contributed by atoms with Crippen molar-refractivity contribution in [1.29, 1.82) is 5.26 Å². The summed E-state index contributed by atoms with van der Waals surface area (Å²) in [5, 5.41) is 12.6. The van der Waals surface area contributed by atoms with Crippen LogP contribution >= 0.6 is 0 Å². The molecule has 0 fully saturated rings. The van der Waals surface area contributed by atoms with Gasteiger partial charge in [0.1, 0.15) is 11.3 Å². The van der Waals surface area contributed by atoms with E-state index in [0.717, 1.165) is 30.6 Å². The van der Waals surface area contributed by atoms with Crippen LogP contribution in [0.2, 0.25) is 0 Å². The van der Waals surface area contributed by atoms with Crippen LogP contribution in [0.3, 0.4) is 0 Å². The van der Waals surface area contributed by atoms with Crippen molar-refractivity contribution in [1.82, 2.24) is 5.32 Å². The number of fused-ring (bicyclic) bond motifs is 1. The van der Waals surface area contributed by atoms with Gasteiger partial charge in [0, 0.05) is 0 Å². The van der Waals surface area contributed by atoms with Crippen LogP contribution in [0, 0.1) is 11.3 Å². The molecular formula is C13H16N2O. The molecular weight excluding hydrogens is 200 g/mol. The Bertz CT molecular complexity index is 436. The summed E-state index contributed by atoms with van der Waals surface area (Å²) in [6, 6.07) is 8.41. The zero-order chi connectivity index (χ0) is 11.6. The maximum absolute atomic E-state index is 9.40. The minimum absolute atomic E-state index is 0.540. The number of rotatable bonds is 2. The van der Waals surface area contributed by atoms with E-state index in [4.69, 9.17) is 4.74 Å². The Morgan fingerprint density at radius 3 is 2.94 bits per heavy atom. The third-order valence-electron chi connectivity index (χ3n) is 3.39. The van der Waals surface area contributed by atoms with Crippen molar-refractivity contribution < 1.29 is 4.74 Å². The zero-order valence-corrected chi connectivity index (χ0v) is 9.71. The molecule has 1 N–H and O–H groups in total. The van der Waals surface area contributed by atoms with Gasteiger partial charge in [-0.1, -0.05) is 6.07 Å². The molecule has 0 radical (unpaired) electrons. The van der Waals surface area contributed by atoms with Gasteiger partial charge in [-0.15, -0.1) is 0 Å². The summed E-state index contributed by atoms with van der Waals surface area (Å²) in [5.41, 5.74) is 1.79. The Morgan fingerprint density at radius 1 is 1.50 bits per heavy atom. The normalized spacial score (nSPS) is 23.3. The Kier molecular flexibility index (Phi) is 2.84. The zero-order valence-electron chi connectivity index (χ0n) is 9.71. The van der Waals surface area contributed by atoms with Gasteiger partial charge >= 0.3 is 0 Å². The lowest BCUT2D eigenvalue weighted by atomic mass is 9.77. The molecule has 1 aliphatic rings. The number of ether oxygens (including phenoxy) is 1. The number of hydrogen-bond acceptors (Lipinski definition) is 3. The molecule has 1 aliphatic carbocycles. The van der Waals surface area contributed by atoms with E-state index in [1.807, 2.05) is 19.2 Å². The van der Waals surface area contributed by atoms with Crippen molar-refractivity contribution in [2.45, 2.75) is 24.8 Å². The Hall–Kier alpha value is -1.53. The third kappa shape index (κ3) is 1.56. The predicted molar refractivity (Wildman–Crippen MR) is 62.3 cm³/mol. The minimum Gasteiger partial charge on any atom is -0.497 e. The molecule has 1 aromatic carbocycles. The van der Waals surface area contributed by atoms with Crippen molar-refractivity contribution in [3.8, 4) is 11.8 Å². The van der Waals surface area contributed by atoms with Crippen molar-refractivity contribution in [3.05, 3.63) is 29.3 Å². The van der Waals surface area contributed by atoms with Crippen LogP contribution in [-0.4, -0.2) is 14.2 Å². The van der Waals surface area contributed by atoms with Gasteiger partial charge in [-0.3, -0.25) is 5.32 Å². The molecule has 0 saturated carbocycles. The van der Waals surface area contributed by atoms with Gasteiger partial charge in [0.15, 0.2) is 0 Å². The fraction of sp³-hybridized carbons (Fsp3) is 0.462. The van der Waals surface area contributed by atoms with Crippen LogP contribution in [0.5, 0.6) is 5.75 Å². The average molecular weight is 216 g/mol. The first-order valence-electron chi connectivity index (χ1n) is 5.53. The lowest BCUT2D eigenvalue weighted by molar-refractivity contribution is 0.384. The second kappa shape index (κ2) is 4.15. The first-order chi connectivity index (χ1) is 7.75. The molecule has 0 heterocycles. The molecule has 0 saturated heterocycles. The molecule has 1 atom stereocenters. The molecule has 0 amide bonds. The van der Waals surface area contributed by atoms with Gasteiger partial charge in [-0.25, -0.2) is 0 Å². The highest BCUT2D eigenvalue weighted by atomic mass is 16.5. The minimum atomic E-state index is -0.540. The topological polar surface area (TPSA) is 45.0 Å². The van der Waals surface area contributed by atoms with E-state index in [-0.39, 0.29) is 0 Å². The van der Waals surface area contributed by atoms with E-state index in [2.05, 4.69) is 17.5 Å². The van der Waals surface area contributed by atoms with Gasteiger partial charge in [-0.05, 0) is 49.6 Å². The monoisotopic (exact) mass is 216 g/mol. The van der Waals surface area contributed by atoms with Crippen molar-refractivity contribution in [3.63, 3.8) is 0 Å². The van der Waals surface area contributed by atoms with Crippen molar-refractivity contribution in [2.75, 3.05) is 14.2 Å². The highest BCUT2D eigenvalue weighted by Gasteiger charge is 2.35. The molecule has 16 heavy (non-hydrogen) atoms. The standard InChI is InChI=1S/C13H16N2O/c1-15-13(9-14)7-3-4-10-5-6-11(16-2)8-12(10)13/h5-6,8,15H,3-4,7H2,1-2H3. The summed E-state index contributed by atoms with van der Waals surface area (Å²) in [6.07, 6.45) is 2.96. The molecule has 0 bridgehead atoms. The highest BCUT2D eigenvalue weighted by Crippen LogP contribution is 2.36. The summed E-state index contributed by atoms with van der Waals surface area (Å²) >= 11 is 0. The fourth-order valence-corrected chi connectivity index (χ4v) is 2.41. The third-order valence-corrected chi connectivity index (χ3v) is 3.39. The Balaban J connectivity index is 2.56. The van der Waals surface area contributed by atoms with E-state index < -0.39 is 5.54 Å². The van der Waals surface area contributed by atoms with Crippen LogP contribution < -0.4 is 10.1 Å². The van der Waals surface area contributed by atoms with Crippen LogP contribution in [0.15, 0.2) is 18.2 Å². The smallest absolute Gasteiger partial charge is 0.132 e. The van der Waals surface area contributed by atoms with Crippen molar-refractivity contribution in [2.24, 2.45) is 0 Å².